The highest BCUT2D eigenvalue weighted by molar-refractivity contribution is 7.79. The lowest BCUT2D eigenvalue weighted by Crippen LogP contribution is -2.70. The second kappa shape index (κ2) is 9.11. The van der Waals surface area contributed by atoms with Crippen molar-refractivity contribution < 1.29 is 19.0 Å². The van der Waals surface area contributed by atoms with Crippen molar-refractivity contribution in [2.75, 3.05) is 13.7 Å². The van der Waals surface area contributed by atoms with Crippen molar-refractivity contribution in [2.24, 2.45) is 62.6 Å². The van der Waals surface area contributed by atoms with Crippen LogP contribution in [0.4, 0.5) is 0 Å². The van der Waals surface area contributed by atoms with E-state index in [9.17, 15) is 4.79 Å². The Hall–Kier alpha value is -0.780. The molecule has 0 bridgehead atoms. The molecule has 5 aliphatic carbocycles. The summed E-state index contributed by atoms with van der Waals surface area (Å²) in [5, 5.41) is 2.03. The van der Waals surface area contributed by atoms with Gasteiger partial charge in [0.2, 0.25) is 0 Å². The van der Waals surface area contributed by atoms with E-state index in [4.69, 9.17) is 26.4 Å². The summed E-state index contributed by atoms with van der Waals surface area (Å²) in [7, 11) is 1.60. The molecule has 6 rings (SSSR count). The predicted molar refractivity (Wildman–Crippen MR) is 163 cm³/mol. The number of hydrogen-bond acceptors (Lipinski definition) is 5. The molecule has 4 unspecified atom stereocenters. The minimum Gasteiger partial charge on any atom is -0.469 e. The van der Waals surface area contributed by atoms with Gasteiger partial charge in [0, 0.05) is 11.3 Å². The van der Waals surface area contributed by atoms with Crippen LogP contribution >= 0.6 is 12.2 Å². The van der Waals surface area contributed by atoms with Gasteiger partial charge in [-0.25, -0.2) is 0 Å². The van der Waals surface area contributed by atoms with Gasteiger partial charge < -0.3 is 14.2 Å². The van der Waals surface area contributed by atoms with E-state index in [-0.39, 0.29) is 51.0 Å². The molecule has 0 spiro atoms. The van der Waals surface area contributed by atoms with Gasteiger partial charge in [0.1, 0.15) is 0 Å². The molecule has 0 amide bonds. The van der Waals surface area contributed by atoms with Crippen molar-refractivity contribution >= 4 is 23.6 Å². The minimum atomic E-state index is -0.560. The Balaban J connectivity index is 1.44. The van der Waals surface area contributed by atoms with Gasteiger partial charge in [-0.15, -0.1) is 0 Å². The number of rotatable bonds is 2. The van der Waals surface area contributed by atoms with Crippen molar-refractivity contribution in [1.29, 1.82) is 0 Å². The smallest absolute Gasteiger partial charge is 0.312 e. The molecular weight excluding hydrogens is 516 g/mol. The van der Waals surface area contributed by atoms with Crippen molar-refractivity contribution in [2.45, 2.75) is 119 Å². The Morgan fingerprint density at radius 3 is 2.40 bits per heavy atom. The van der Waals surface area contributed by atoms with Crippen molar-refractivity contribution in [1.82, 2.24) is 0 Å². The number of esters is 1. The molecule has 12 atom stereocenters. The summed E-state index contributed by atoms with van der Waals surface area (Å²) in [6.45, 7) is 19.9. The lowest BCUT2D eigenvalue weighted by atomic mass is 9.32. The van der Waals surface area contributed by atoms with Crippen LogP contribution in [0.3, 0.4) is 0 Å². The van der Waals surface area contributed by atoms with Gasteiger partial charge in [-0.1, -0.05) is 65.4 Å². The van der Waals surface area contributed by atoms with E-state index in [0.29, 0.717) is 23.7 Å². The molecule has 5 fully saturated rings. The lowest BCUT2D eigenvalue weighted by molar-refractivity contribution is -0.357. The average Bonchev–Trinajstić information content (AvgIpc) is 2.90. The summed E-state index contributed by atoms with van der Waals surface area (Å²) >= 11 is 5.73. The summed E-state index contributed by atoms with van der Waals surface area (Å²) in [5.41, 5.74) is 1.61. The zero-order chi connectivity index (χ0) is 29.1. The molecule has 1 heterocycles. The highest BCUT2D eigenvalue weighted by Crippen LogP contribution is 2.76. The maximum absolute atomic E-state index is 13.6. The summed E-state index contributed by atoms with van der Waals surface area (Å²) in [6.07, 6.45) is 11.5. The first-order chi connectivity index (χ1) is 18.6. The number of allylic oxidation sites excluding steroid dienone is 2. The number of hydrogen-bond donors (Lipinski definition) is 0. The molecule has 0 aromatic heterocycles. The highest BCUT2D eigenvalue weighted by atomic mass is 32.1. The second-order valence-corrected chi connectivity index (χ2v) is 16.8. The number of fused-ring (bicyclic) bond motifs is 9. The van der Waals surface area contributed by atoms with Crippen LogP contribution in [-0.4, -0.2) is 36.9 Å². The molecule has 0 aromatic carbocycles. The van der Waals surface area contributed by atoms with Gasteiger partial charge >= 0.3 is 5.97 Å². The monoisotopic (exact) mass is 570 g/mol. The first kappa shape index (κ1) is 29.3. The van der Waals surface area contributed by atoms with Crippen LogP contribution in [0.2, 0.25) is 0 Å². The first-order valence-corrected chi connectivity index (χ1v) is 16.7. The maximum atomic E-state index is 13.6. The fraction of sp³-hybridized carbons (Fsp3) is 0.886. The lowest BCUT2D eigenvalue weighted by Gasteiger charge is -2.73. The van der Waals surface area contributed by atoms with Crippen LogP contribution in [0.15, 0.2) is 11.6 Å². The first-order valence-electron chi connectivity index (χ1n) is 16.2. The molecule has 1 aliphatic heterocycles. The predicted octanol–water partition coefficient (Wildman–Crippen LogP) is 8.17. The molecule has 0 radical (unpaired) electrons. The van der Waals surface area contributed by atoms with Gasteiger partial charge in [0.25, 0.3) is 0 Å². The van der Waals surface area contributed by atoms with Crippen LogP contribution in [0.1, 0.15) is 107 Å². The van der Waals surface area contributed by atoms with E-state index >= 15 is 0 Å². The third-order valence-corrected chi connectivity index (χ3v) is 15.0. The van der Waals surface area contributed by atoms with E-state index in [1.165, 1.54) is 12.8 Å². The van der Waals surface area contributed by atoms with Crippen LogP contribution in [0.25, 0.3) is 0 Å². The standard InChI is InChI=1S/C35H54O4S/c1-21-12-15-35(29(36)37-9)17-16-33(7)24(27(35)22(21)2)10-11-26-31(5)18-23(19-40)28-32(6,20-38-30(3,4)39-28)25(31)13-14-34(26,33)8/h10,19,21-23,25-28H,11-18,20H2,1-9H3/t21-,22+,23+,25?,26?,27?,28?,31+,32-,33-,34-,35+/m1/s1. The Kier molecular flexibility index (Phi) is 6.68. The van der Waals surface area contributed by atoms with Crippen LogP contribution < -0.4 is 0 Å². The van der Waals surface area contributed by atoms with Crippen LogP contribution in [-0.2, 0) is 19.0 Å². The summed E-state index contributed by atoms with van der Waals surface area (Å²) in [4.78, 5) is 13.6. The van der Waals surface area contributed by atoms with E-state index in [1.54, 1.807) is 12.7 Å². The van der Waals surface area contributed by atoms with E-state index < -0.39 is 5.79 Å². The molecule has 4 nitrogen and oxygen atoms in total. The van der Waals surface area contributed by atoms with Gasteiger partial charge in [-0.2, -0.15) is 0 Å². The molecule has 6 aliphatic rings. The third-order valence-electron chi connectivity index (χ3n) is 14.7. The van der Waals surface area contributed by atoms with Gasteiger partial charge in [0.05, 0.1) is 25.2 Å². The Morgan fingerprint density at radius 2 is 1.73 bits per heavy atom. The van der Waals surface area contributed by atoms with Crippen molar-refractivity contribution in [3.05, 3.63) is 11.6 Å². The summed E-state index contributed by atoms with van der Waals surface area (Å²) < 4.78 is 18.6. The molecule has 224 valence electrons. The molecule has 1 saturated heterocycles. The topological polar surface area (TPSA) is 44.8 Å². The molecule has 4 saturated carbocycles. The van der Waals surface area contributed by atoms with Crippen LogP contribution in [0.5, 0.6) is 0 Å². The molecule has 0 aromatic rings. The third kappa shape index (κ3) is 3.55. The number of methoxy groups -OCH3 is 1. The average molecular weight is 571 g/mol. The highest BCUT2D eigenvalue weighted by Gasteiger charge is 2.71. The van der Waals surface area contributed by atoms with Crippen molar-refractivity contribution in [3.63, 3.8) is 0 Å². The maximum Gasteiger partial charge on any atom is 0.312 e. The van der Waals surface area contributed by atoms with Gasteiger partial charge in [0.15, 0.2) is 5.79 Å². The number of thiocarbonyl (C=S) groups is 1. The Morgan fingerprint density at radius 1 is 1.00 bits per heavy atom. The minimum absolute atomic E-state index is 0.0393. The van der Waals surface area contributed by atoms with Gasteiger partial charge in [-0.05, 0) is 116 Å². The Labute approximate surface area is 248 Å². The fourth-order valence-corrected chi connectivity index (χ4v) is 12.5. The van der Waals surface area contributed by atoms with E-state index in [1.807, 2.05) is 5.37 Å². The zero-order valence-electron chi connectivity index (χ0n) is 26.6. The number of carbonyl (C=O) groups excluding carboxylic acids is 1. The van der Waals surface area contributed by atoms with Crippen LogP contribution in [0, 0.1) is 62.6 Å². The van der Waals surface area contributed by atoms with E-state index in [0.717, 1.165) is 45.1 Å². The van der Waals surface area contributed by atoms with Crippen molar-refractivity contribution in [3.8, 4) is 0 Å². The Bertz CT molecular complexity index is 1110. The largest absolute Gasteiger partial charge is 0.469 e. The second-order valence-electron chi connectivity index (χ2n) is 16.5. The summed E-state index contributed by atoms with van der Waals surface area (Å²) in [5.74, 6) is 2.23. The molecule has 40 heavy (non-hydrogen) atoms. The number of carbonyl (C=O) groups is 1. The van der Waals surface area contributed by atoms with E-state index in [2.05, 4.69) is 61.5 Å². The quantitative estimate of drug-likeness (QED) is 0.190. The normalized spacial score (nSPS) is 54.8. The zero-order valence-corrected chi connectivity index (χ0v) is 27.4. The molecule has 5 heteroatoms. The number of ether oxygens (including phenoxy) is 3. The van der Waals surface area contributed by atoms with Gasteiger partial charge in [-0.3, -0.25) is 4.79 Å². The molecular formula is C35H54O4S. The molecule has 0 N–H and O–H groups in total. The summed E-state index contributed by atoms with van der Waals surface area (Å²) in [6, 6.07) is 0. The fourth-order valence-electron chi connectivity index (χ4n) is 12.3. The SMILES string of the molecule is COC(=O)[C@]12CC[C@@H](C)[C@H](C)C1C1=CCC3[C@@]4(C)C[C@@H](C=S)C5OC(C)(C)OC[C@]5(C)C4CC[C@@]3(C)[C@]1(C)CC2.